The van der Waals surface area contributed by atoms with Gasteiger partial charge in [-0.25, -0.2) is 4.39 Å². The van der Waals surface area contributed by atoms with E-state index in [1.54, 1.807) is 18.2 Å². The van der Waals surface area contributed by atoms with Gasteiger partial charge in [-0.15, -0.1) is 0 Å². The Kier molecular flexibility index (Phi) is 2.65. The third-order valence-corrected chi connectivity index (χ3v) is 1.78. The van der Waals surface area contributed by atoms with Crippen LogP contribution < -0.4 is 4.43 Å². The summed E-state index contributed by atoms with van der Waals surface area (Å²) in [5.41, 5.74) is 0. The fraction of sp³-hybridized carbons (Fsp3) is 0.250. The molecule has 0 saturated carbocycles. The lowest BCUT2D eigenvalue weighted by Crippen LogP contribution is -2.11. The minimum atomic E-state index is -0.849. The maximum Gasteiger partial charge on any atom is 0.274 e. The van der Waals surface area contributed by atoms with Crippen LogP contribution >= 0.6 is 0 Å². The van der Waals surface area contributed by atoms with E-state index in [0.717, 1.165) is 0 Å². The van der Waals surface area contributed by atoms with E-state index in [2.05, 4.69) is 0 Å². The van der Waals surface area contributed by atoms with Gasteiger partial charge in [0, 0.05) is 0 Å². The smallest absolute Gasteiger partial charge is 0.274 e. The molecule has 0 aliphatic carbocycles. The molecule has 1 aromatic rings. The largest absolute Gasteiger partial charge is 0.541 e. The Morgan fingerprint density at radius 2 is 1.91 bits per heavy atom. The summed E-state index contributed by atoms with van der Waals surface area (Å²) in [5.74, 6) is 0.0880. The fourth-order valence-electron chi connectivity index (χ4n) is 0.747. The molecule has 59 valence electrons. The van der Waals surface area contributed by atoms with E-state index >= 15 is 0 Å². The summed E-state index contributed by atoms with van der Waals surface area (Å²) in [6.45, 7) is 3.94. The van der Waals surface area contributed by atoms with Gasteiger partial charge in [-0.05, 0) is 25.2 Å². The molecule has 1 radical (unpaired) electrons. The van der Waals surface area contributed by atoms with Crippen LogP contribution in [0.3, 0.4) is 0 Å². The van der Waals surface area contributed by atoms with Gasteiger partial charge >= 0.3 is 0 Å². The molecule has 3 heteroatoms. The van der Waals surface area contributed by atoms with Gasteiger partial charge in [0.15, 0.2) is 5.82 Å². The Morgan fingerprint density at radius 1 is 1.27 bits per heavy atom. The minimum absolute atomic E-state index is 0.279. The predicted molar refractivity (Wildman–Crippen MR) is 44.5 cm³/mol. The zero-order valence-corrected chi connectivity index (χ0v) is 7.60. The van der Waals surface area contributed by atoms with Crippen LogP contribution in [0.5, 0.6) is 5.75 Å². The van der Waals surface area contributed by atoms with Gasteiger partial charge in [0.05, 0.1) is 0 Å². The molecule has 0 saturated heterocycles. The Morgan fingerprint density at radius 3 is 2.45 bits per heavy atom. The van der Waals surface area contributed by atoms with E-state index in [-0.39, 0.29) is 5.82 Å². The molecule has 0 amide bonds. The van der Waals surface area contributed by atoms with Crippen LogP contribution in [0.2, 0.25) is 13.1 Å². The van der Waals surface area contributed by atoms with Gasteiger partial charge < -0.3 is 4.43 Å². The summed E-state index contributed by atoms with van der Waals surface area (Å²) in [7, 11) is -0.849. The average molecular weight is 169 g/mol. The van der Waals surface area contributed by atoms with Crippen molar-refractivity contribution < 1.29 is 8.82 Å². The van der Waals surface area contributed by atoms with Crippen molar-refractivity contribution in [2.75, 3.05) is 0 Å². The van der Waals surface area contributed by atoms with Gasteiger partial charge in [0.1, 0.15) is 5.75 Å². The molecular formula is C8H10FOSi. The predicted octanol–water partition coefficient (Wildman–Crippen LogP) is 2.46. The highest BCUT2D eigenvalue weighted by molar-refractivity contribution is 6.49. The Bertz CT molecular complexity index is 237. The van der Waals surface area contributed by atoms with Crippen molar-refractivity contribution in [3.05, 3.63) is 30.1 Å². The maximum absolute atomic E-state index is 12.8. The molecule has 0 fully saturated rings. The first-order chi connectivity index (χ1) is 5.20. The van der Waals surface area contributed by atoms with Crippen LogP contribution in [0.1, 0.15) is 0 Å². The van der Waals surface area contributed by atoms with Gasteiger partial charge in [0.25, 0.3) is 9.04 Å². The second kappa shape index (κ2) is 3.53. The number of para-hydroxylation sites is 1. The third-order valence-electron chi connectivity index (χ3n) is 1.15. The second-order valence-corrected chi connectivity index (χ2v) is 4.46. The summed E-state index contributed by atoms with van der Waals surface area (Å²) in [5, 5.41) is 0. The van der Waals surface area contributed by atoms with Crippen LogP contribution in [0.4, 0.5) is 4.39 Å². The Balaban J connectivity index is 2.78. The molecular weight excluding hydrogens is 159 g/mol. The molecule has 0 bridgehead atoms. The number of hydrogen-bond donors (Lipinski definition) is 0. The van der Waals surface area contributed by atoms with E-state index in [4.69, 9.17) is 4.43 Å². The van der Waals surface area contributed by atoms with Crippen molar-refractivity contribution in [3.8, 4) is 5.75 Å². The molecule has 0 N–H and O–H groups in total. The molecule has 0 aliphatic rings. The van der Waals surface area contributed by atoms with E-state index in [1.807, 2.05) is 13.1 Å². The average Bonchev–Trinajstić information content (AvgIpc) is 1.93. The normalized spacial score (nSPS) is 10.2. The van der Waals surface area contributed by atoms with Crippen LogP contribution in [-0.2, 0) is 0 Å². The maximum atomic E-state index is 12.8. The van der Waals surface area contributed by atoms with Crippen LogP contribution in [0.15, 0.2) is 24.3 Å². The summed E-state index contributed by atoms with van der Waals surface area (Å²) >= 11 is 0. The number of rotatable bonds is 2. The van der Waals surface area contributed by atoms with E-state index in [0.29, 0.717) is 5.75 Å². The highest BCUT2D eigenvalue weighted by atomic mass is 28.3. The summed E-state index contributed by atoms with van der Waals surface area (Å²) < 4.78 is 18.1. The molecule has 1 nitrogen and oxygen atoms in total. The fourth-order valence-corrected chi connectivity index (χ4v) is 1.35. The lowest BCUT2D eigenvalue weighted by Gasteiger charge is -2.07. The van der Waals surface area contributed by atoms with Crippen LogP contribution in [-0.4, -0.2) is 9.04 Å². The SMILES string of the molecule is C[Si](C)Oc1ccccc1F. The summed E-state index contributed by atoms with van der Waals surface area (Å²) in [6.07, 6.45) is 0. The number of hydrogen-bond acceptors (Lipinski definition) is 1. The first-order valence-corrected chi connectivity index (χ1v) is 5.83. The summed E-state index contributed by atoms with van der Waals surface area (Å²) in [4.78, 5) is 0. The van der Waals surface area contributed by atoms with Gasteiger partial charge in [-0.2, -0.15) is 0 Å². The van der Waals surface area contributed by atoms with Crippen molar-refractivity contribution >= 4 is 9.04 Å². The third kappa shape index (κ3) is 2.35. The highest BCUT2D eigenvalue weighted by Gasteiger charge is 2.03. The van der Waals surface area contributed by atoms with Gasteiger partial charge in [-0.1, -0.05) is 12.1 Å². The standard InChI is InChI=1S/C8H10FOSi/c1-11(2)10-8-6-4-3-5-7(8)9/h3-6H,1-2H3. The van der Waals surface area contributed by atoms with Crippen molar-refractivity contribution in [1.82, 2.24) is 0 Å². The molecule has 0 aromatic heterocycles. The van der Waals surface area contributed by atoms with Crippen molar-refractivity contribution in [1.29, 1.82) is 0 Å². The molecule has 0 spiro atoms. The topological polar surface area (TPSA) is 9.23 Å². The Hall–Kier alpha value is -0.833. The Labute approximate surface area is 67.5 Å². The number of benzene rings is 1. The lowest BCUT2D eigenvalue weighted by molar-refractivity contribution is 0.509. The molecule has 0 aliphatic heterocycles. The molecule has 1 aromatic carbocycles. The quantitative estimate of drug-likeness (QED) is 0.618. The molecule has 0 heterocycles. The van der Waals surface area contributed by atoms with Crippen molar-refractivity contribution in [3.63, 3.8) is 0 Å². The second-order valence-electron chi connectivity index (χ2n) is 2.44. The molecule has 1 rings (SSSR count). The zero-order chi connectivity index (χ0) is 8.27. The molecule has 0 atom stereocenters. The first-order valence-electron chi connectivity index (χ1n) is 3.42. The van der Waals surface area contributed by atoms with Crippen LogP contribution in [0.25, 0.3) is 0 Å². The molecule has 11 heavy (non-hydrogen) atoms. The first kappa shape index (κ1) is 8.27. The lowest BCUT2D eigenvalue weighted by atomic mass is 10.3. The zero-order valence-electron chi connectivity index (χ0n) is 6.60. The van der Waals surface area contributed by atoms with Crippen molar-refractivity contribution in [2.24, 2.45) is 0 Å². The highest BCUT2D eigenvalue weighted by Crippen LogP contribution is 2.15. The number of halogens is 1. The molecule has 0 unspecified atom stereocenters. The minimum Gasteiger partial charge on any atom is -0.541 e. The van der Waals surface area contributed by atoms with E-state index < -0.39 is 9.04 Å². The summed E-state index contributed by atoms with van der Waals surface area (Å²) in [6, 6.07) is 6.47. The van der Waals surface area contributed by atoms with Gasteiger partial charge in [-0.3, -0.25) is 0 Å². The van der Waals surface area contributed by atoms with E-state index in [1.165, 1.54) is 6.07 Å². The monoisotopic (exact) mass is 169 g/mol. The van der Waals surface area contributed by atoms with Crippen molar-refractivity contribution in [2.45, 2.75) is 13.1 Å². The van der Waals surface area contributed by atoms with Crippen LogP contribution in [0, 0.1) is 5.82 Å². The van der Waals surface area contributed by atoms with E-state index in [9.17, 15) is 4.39 Å². The van der Waals surface area contributed by atoms with Gasteiger partial charge in [0.2, 0.25) is 0 Å².